The average molecular weight is 287 g/mol. The fourth-order valence-corrected chi connectivity index (χ4v) is 1.96. The standard InChI is InChI=1S/C13H16Cl2N2O/c1-8(9-2-5-11(14)12(15)6-9)16-7-13(18)17-10-3-4-10/h2,5-6,8,10,16H,3-4,7H2,1H3,(H,17,18). The SMILES string of the molecule is CC(NCC(=O)NC1CC1)c1ccc(Cl)c(Cl)c1. The Balaban J connectivity index is 1.84. The van der Waals surface area contributed by atoms with E-state index in [2.05, 4.69) is 10.6 Å². The van der Waals surface area contributed by atoms with Crippen LogP contribution < -0.4 is 10.6 Å². The van der Waals surface area contributed by atoms with Gasteiger partial charge in [-0.15, -0.1) is 0 Å². The summed E-state index contributed by atoms with van der Waals surface area (Å²) in [4.78, 5) is 11.5. The lowest BCUT2D eigenvalue weighted by Crippen LogP contribution is -2.36. The summed E-state index contributed by atoms with van der Waals surface area (Å²) < 4.78 is 0. The second-order valence-corrected chi connectivity index (χ2v) is 5.43. The van der Waals surface area contributed by atoms with Crippen molar-refractivity contribution in [1.82, 2.24) is 10.6 Å². The number of rotatable bonds is 5. The monoisotopic (exact) mass is 286 g/mol. The van der Waals surface area contributed by atoms with Crippen LogP contribution in [0.5, 0.6) is 0 Å². The van der Waals surface area contributed by atoms with Gasteiger partial charge in [-0.2, -0.15) is 0 Å². The first kappa shape index (κ1) is 13.7. The molecule has 98 valence electrons. The van der Waals surface area contributed by atoms with Crippen LogP contribution in [0, 0.1) is 0 Å². The minimum atomic E-state index is 0.0458. The molecule has 18 heavy (non-hydrogen) atoms. The molecule has 0 aromatic heterocycles. The maximum Gasteiger partial charge on any atom is 0.234 e. The van der Waals surface area contributed by atoms with Gasteiger partial charge < -0.3 is 10.6 Å². The molecule has 0 aliphatic heterocycles. The smallest absolute Gasteiger partial charge is 0.234 e. The zero-order chi connectivity index (χ0) is 13.1. The van der Waals surface area contributed by atoms with Gasteiger partial charge in [0.25, 0.3) is 0 Å². The molecule has 5 heteroatoms. The number of nitrogens with one attached hydrogen (secondary N) is 2. The van der Waals surface area contributed by atoms with Gasteiger partial charge in [0.1, 0.15) is 0 Å². The number of carbonyl (C=O) groups excluding carboxylic acids is 1. The average Bonchev–Trinajstić information content (AvgIpc) is 3.13. The second-order valence-electron chi connectivity index (χ2n) is 4.62. The van der Waals surface area contributed by atoms with Crippen LogP contribution in [-0.2, 0) is 4.79 Å². The lowest BCUT2D eigenvalue weighted by Gasteiger charge is -2.14. The molecule has 2 rings (SSSR count). The minimum Gasteiger partial charge on any atom is -0.352 e. The maximum atomic E-state index is 11.5. The van der Waals surface area contributed by atoms with Crippen molar-refractivity contribution in [1.29, 1.82) is 0 Å². The molecule has 1 aromatic carbocycles. The Morgan fingerprint density at radius 1 is 1.39 bits per heavy atom. The number of hydrogen-bond donors (Lipinski definition) is 2. The third kappa shape index (κ3) is 3.87. The van der Waals surface area contributed by atoms with Gasteiger partial charge in [0.15, 0.2) is 0 Å². The lowest BCUT2D eigenvalue weighted by atomic mass is 10.1. The van der Waals surface area contributed by atoms with Crippen molar-refractivity contribution in [2.24, 2.45) is 0 Å². The second kappa shape index (κ2) is 5.91. The molecule has 3 nitrogen and oxygen atoms in total. The Morgan fingerprint density at radius 2 is 2.11 bits per heavy atom. The molecule has 0 heterocycles. The summed E-state index contributed by atoms with van der Waals surface area (Å²) in [5.41, 5.74) is 1.02. The van der Waals surface area contributed by atoms with Gasteiger partial charge in [0, 0.05) is 12.1 Å². The van der Waals surface area contributed by atoms with Gasteiger partial charge in [0.2, 0.25) is 5.91 Å². The molecule has 0 spiro atoms. The zero-order valence-electron chi connectivity index (χ0n) is 10.2. The van der Waals surface area contributed by atoms with Crippen molar-refractivity contribution in [3.63, 3.8) is 0 Å². The van der Waals surface area contributed by atoms with Crippen molar-refractivity contribution < 1.29 is 4.79 Å². The molecule has 1 unspecified atom stereocenters. The fraction of sp³-hybridized carbons (Fsp3) is 0.462. The predicted molar refractivity (Wildman–Crippen MR) is 74.0 cm³/mol. The Bertz CT molecular complexity index is 447. The van der Waals surface area contributed by atoms with Crippen LogP contribution in [0.4, 0.5) is 0 Å². The first-order valence-corrected chi connectivity index (χ1v) is 6.79. The topological polar surface area (TPSA) is 41.1 Å². The molecule has 1 fully saturated rings. The lowest BCUT2D eigenvalue weighted by molar-refractivity contribution is -0.120. The van der Waals surface area contributed by atoms with Gasteiger partial charge >= 0.3 is 0 Å². The highest BCUT2D eigenvalue weighted by molar-refractivity contribution is 6.42. The first-order valence-electron chi connectivity index (χ1n) is 6.04. The Hall–Kier alpha value is -0.770. The van der Waals surface area contributed by atoms with Crippen LogP contribution in [-0.4, -0.2) is 18.5 Å². The summed E-state index contributed by atoms with van der Waals surface area (Å²) in [6, 6.07) is 5.96. The van der Waals surface area contributed by atoms with E-state index in [4.69, 9.17) is 23.2 Å². The highest BCUT2D eigenvalue weighted by atomic mass is 35.5. The highest BCUT2D eigenvalue weighted by Gasteiger charge is 2.23. The number of halogens is 2. The highest BCUT2D eigenvalue weighted by Crippen LogP contribution is 2.25. The van der Waals surface area contributed by atoms with Crippen LogP contribution >= 0.6 is 23.2 Å². The van der Waals surface area contributed by atoms with Crippen molar-refractivity contribution in [2.45, 2.75) is 31.8 Å². The Labute approximate surface area is 117 Å². The van der Waals surface area contributed by atoms with Crippen LogP contribution in [0.3, 0.4) is 0 Å². The van der Waals surface area contributed by atoms with Gasteiger partial charge in [0.05, 0.1) is 16.6 Å². The van der Waals surface area contributed by atoms with E-state index in [9.17, 15) is 4.79 Å². The predicted octanol–water partition coefficient (Wildman–Crippen LogP) is 2.92. The summed E-state index contributed by atoms with van der Waals surface area (Å²) in [6.45, 7) is 2.31. The van der Waals surface area contributed by atoms with Crippen molar-refractivity contribution in [3.05, 3.63) is 33.8 Å². The molecule has 1 aliphatic carbocycles. The molecule has 1 amide bonds. The van der Waals surface area contributed by atoms with Crippen LogP contribution in [0.1, 0.15) is 31.4 Å². The van der Waals surface area contributed by atoms with Gasteiger partial charge in [-0.05, 0) is 37.5 Å². The minimum absolute atomic E-state index is 0.0458. The summed E-state index contributed by atoms with van der Waals surface area (Å²) in [5, 5.41) is 7.17. The third-order valence-corrected chi connectivity index (χ3v) is 3.69. The largest absolute Gasteiger partial charge is 0.352 e. The molecule has 0 saturated heterocycles. The van der Waals surface area contributed by atoms with E-state index in [-0.39, 0.29) is 11.9 Å². The van der Waals surface area contributed by atoms with Gasteiger partial charge in [-0.1, -0.05) is 29.3 Å². The van der Waals surface area contributed by atoms with Crippen molar-refractivity contribution in [3.8, 4) is 0 Å². The van der Waals surface area contributed by atoms with E-state index >= 15 is 0 Å². The number of hydrogen-bond acceptors (Lipinski definition) is 2. The van der Waals surface area contributed by atoms with Crippen LogP contribution in [0.25, 0.3) is 0 Å². The molecule has 1 saturated carbocycles. The van der Waals surface area contributed by atoms with E-state index in [0.717, 1.165) is 18.4 Å². The van der Waals surface area contributed by atoms with E-state index in [0.29, 0.717) is 22.6 Å². The quantitative estimate of drug-likeness (QED) is 0.874. The molecule has 1 atom stereocenters. The van der Waals surface area contributed by atoms with E-state index in [1.165, 1.54) is 0 Å². The van der Waals surface area contributed by atoms with E-state index in [1.807, 2.05) is 19.1 Å². The molecule has 0 radical (unpaired) electrons. The maximum absolute atomic E-state index is 11.5. The Kier molecular flexibility index (Phi) is 4.49. The summed E-state index contributed by atoms with van der Waals surface area (Å²) >= 11 is 11.8. The molecular formula is C13H16Cl2N2O. The van der Waals surface area contributed by atoms with Crippen molar-refractivity contribution in [2.75, 3.05) is 6.54 Å². The number of carbonyl (C=O) groups is 1. The molecule has 2 N–H and O–H groups in total. The van der Waals surface area contributed by atoms with Crippen molar-refractivity contribution >= 4 is 29.1 Å². The third-order valence-electron chi connectivity index (χ3n) is 2.95. The molecule has 0 bridgehead atoms. The van der Waals surface area contributed by atoms with Crippen LogP contribution in [0.2, 0.25) is 10.0 Å². The molecule has 1 aromatic rings. The zero-order valence-corrected chi connectivity index (χ0v) is 11.7. The van der Waals surface area contributed by atoms with Gasteiger partial charge in [-0.3, -0.25) is 4.79 Å². The summed E-state index contributed by atoms with van der Waals surface area (Å²) in [6.07, 6.45) is 2.21. The van der Waals surface area contributed by atoms with Crippen LogP contribution in [0.15, 0.2) is 18.2 Å². The first-order chi connectivity index (χ1) is 8.56. The summed E-state index contributed by atoms with van der Waals surface area (Å²) in [5.74, 6) is 0.0458. The van der Waals surface area contributed by atoms with Gasteiger partial charge in [-0.25, -0.2) is 0 Å². The van der Waals surface area contributed by atoms with E-state index in [1.54, 1.807) is 6.07 Å². The molecular weight excluding hydrogens is 271 g/mol. The molecule has 1 aliphatic rings. The normalized spacial score (nSPS) is 16.4. The van der Waals surface area contributed by atoms with E-state index < -0.39 is 0 Å². The Morgan fingerprint density at radius 3 is 2.72 bits per heavy atom. The number of benzene rings is 1. The number of amides is 1. The summed E-state index contributed by atoms with van der Waals surface area (Å²) in [7, 11) is 0. The fourth-order valence-electron chi connectivity index (χ4n) is 1.65.